The fourth-order valence-electron chi connectivity index (χ4n) is 3.67. The number of allylic oxidation sites excluding steroid dienone is 1. The third kappa shape index (κ3) is 5.59. The molecule has 160 valence electrons. The number of rotatable bonds is 7. The number of ketones is 1. The van der Waals surface area contributed by atoms with Crippen LogP contribution >= 0.6 is 11.6 Å². The molecular formula is C26H26ClNO3. The minimum Gasteiger partial charge on any atom is -0.486 e. The molecule has 1 aliphatic rings. The fraction of sp³-hybridized carbons (Fsp3) is 0.269. The van der Waals surface area contributed by atoms with E-state index in [9.17, 15) is 4.79 Å². The van der Waals surface area contributed by atoms with E-state index in [-0.39, 0.29) is 5.78 Å². The van der Waals surface area contributed by atoms with Crippen LogP contribution in [0.3, 0.4) is 0 Å². The molecule has 0 amide bonds. The number of carbonyl (C=O) groups is 1. The Morgan fingerprint density at radius 2 is 1.84 bits per heavy atom. The number of benzene rings is 2. The van der Waals surface area contributed by atoms with Crippen molar-refractivity contribution in [2.24, 2.45) is 0 Å². The van der Waals surface area contributed by atoms with Crippen LogP contribution in [0.5, 0.6) is 5.75 Å². The largest absolute Gasteiger partial charge is 0.486 e. The van der Waals surface area contributed by atoms with Crippen LogP contribution in [0, 0.1) is 6.92 Å². The molecule has 31 heavy (non-hydrogen) atoms. The predicted molar refractivity (Wildman–Crippen MR) is 125 cm³/mol. The number of furan rings is 1. The van der Waals surface area contributed by atoms with Crippen molar-refractivity contribution in [3.63, 3.8) is 0 Å². The molecule has 5 heteroatoms. The third-order valence-electron chi connectivity index (χ3n) is 5.46. The average Bonchev–Trinajstić information content (AvgIpc) is 3.27. The molecule has 0 saturated carbocycles. The van der Waals surface area contributed by atoms with Gasteiger partial charge in [0.05, 0.1) is 0 Å². The van der Waals surface area contributed by atoms with Crippen molar-refractivity contribution in [2.45, 2.75) is 32.8 Å². The van der Waals surface area contributed by atoms with Gasteiger partial charge in [0.1, 0.15) is 23.9 Å². The van der Waals surface area contributed by atoms with Crippen LogP contribution in [-0.2, 0) is 6.61 Å². The summed E-state index contributed by atoms with van der Waals surface area (Å²) in [7, 11) is 0. The second-order valence-electron chi connectivity index (χ2n) is 7.80. The minimum absolute atomic E-state index is 0.0453. The molecule has 1 saturated heterocycles. The van der Waals surface area contributed by atoms with Gasteiger partial charge in [-0.05, 0) is 98.5 Å². The maximum absolute atomic E-state index is 12.5. The molecule has 1 aliphatic heterocycles. The summed E-state index contributed by atoms with van der Waals surface area (Å²) in [6.07, 6.45) is 7.01. The van der Waals surface area contributed by atoms with Crippen molar-refractivity contribution >= 4 is 29.1 Å². The molecule has 3 aromatic rings. The average molecular weight is 436 g/mol. The van der Waals surface area contributed by atoms with Gasteiger partial charge in [0.25, 0.3) is 0 Å². The monoisotopic (exact) mass is 435 g/mol. The topological polar surface area (TPSA) is 42.7 Å². The molecule has 1 aromatic heterocycles. The van der Waals surface area contributed by atoms with E-state index >= 15 is 0 Å². The Hall–Kier alpha value is -2.98. The Morgan fingerprint density at radius 1 is 1.06 bits per heavy atom. The van der Waals surface area contributed by atoms with Gasteiger partial charge in [0.15, 0.2) is 5.78 Å². The van der Waals surface area contributed by atoms with E-state index in [1.54, 1.807) is 12.2 Å². The van der Waals surface area contributed by atoms with E-state index < -0.39 is 0 Å². The Labute approximate surface area is 188 Å². The van der Waals surface area contributed by atoms with Crippen molar-refractivity contribution in [2.75, 3.05) is 18.0 Å². The maximum Gasteiger partial charge on any atom is 0.185 e. The molecule has 0 atom stereocenters. The highest BCUT2D eigenvalue weighted by molar-refractivity contribution is 6.31. The van der Waals surface area contributed by atoms with Crippen LogP contribution in [0.2, 0.25) is 5.02 Å². The zero-order chi connectivity index (χ0) is 21.6. The second-order valence-corrected chi connectivity index (χ2v) is 8.20. The van der Waals surface area contributed by atoms with Gasteiger partial charge in [-0.2, -0.15) is 0 Å². The number of piperidine rings is 1. The number of halogens is 1. The lowest BCUT2D eigenvalue weighted by molar-refractivity contribution is 0.104. The highest BCUT2D eigenvalue weighted by atomic mass is 35.5. The molecule has 0 N–H and O–H groups in total. The van der Waals surface area contributed by atoms with E-state index in [1.165, 1.54) is 24.9 Å². The quantitative estimate of drug-likeness (QED) is 0.305. The molecule has 4 nitrogen and oxygen atoms in total. The lowest BCUT2D eigenvalue weighted by Gasteiger charge is -2.28. The maximum atomic E-state index is 12.5. The highest BCUT2D eigenvalue weighted by Gasteiger charge is 2.11. The molecule has 1 fully saturated rings. The number of anilines is 1. The van der Waals surface area contributed by atoms with Gasteiger partial charge in [-0.3, -0.25) is 4.79 Å². The normalized spacial score (nSPS) is 14.2. The second kappa shape index (κ2) is 9.88. The molecule has 0 radical (unpaired) electrons. The van der Waals surface area contributed by atoms with Crippen LogP contribution in [0.15, 0.2) is 65.1 Å². The summed E-state index contributed by atoms with van der Waals surface area (Å²) >= 11 is 6.04. The summed E-state index contributed by atoms with van der Waals surface area (Å²) in [5, 5.41) is 0.712. The van der Waals surface area contributed by atoms with Crippen LogP contribution in [-0.4, -0.2) is 18.9 Å². The molecule has 0 unspecified atom stereocenters. The van der Waals surface area contributed by atoms with Gasteiger partial charge in [-0.15, -0.1) is 0 Å². The molecular weight excluding hydrogens is 410 g/mol. The lowest BCUT2D eigenvalue weighted by Crippen LogP contribution is -2.29. The van der Waals surface area contributed by atoms with Crippen LogP contribution < -0.4 is 9.64 Å². The van der Waals surface area contributed by atoms with E-state index in [1.807, 2.05) is 61.5 Å². The van der Waals surface area contributed by atoms with Gasteiger partial charge in [0, 0.05) is 29.4 Å². The van der Waals surface area contributed by atoms with Crippen LogP contribution in [0.1, 0.15) is 46.7 Å². The van der Waals surface area contributed by atoms with Crippen molar-refractivity contribution < 1.29 is 13.9 Å². The number of nitrogens with zero attached hydrogens (tertiary/aromatic N) is 1. The van der Waals surface area contributed by atoms with E-state index in [0.29, 0.717) is 28.7 Å². The Morgan fingerprint density at radius 3 is 2.58 bits per heavy atom. The standard InChI is InChI=1S/C26H26ClNO3/c1-19-17-23(11-13-25(19)27)30-18-24-10-9-22(31-24)12-14-26(29)20-5-7-21(8-6-20)28-15-3-2-4-16-28/h5-14,17H,2-4,15-16,18H2,1H3/b14-12+. The number of ether oxygens (including phenoxy) is 1. The molecule has 0 aliphatic carbocycles. The smallest absolute Gasteiger partial charge is 0.185 e. The van der Waals surface area contributed by atoms with E-state index in [4.69, 9.17) is 20.8 Å². The number of carbonyl (C=O) groups excluding carboxylic acids is 1. The first-order chi connectivity index (χ1) is 15.1. The van der Waals surface area contributed by atoms with Gasteiger partial charge in [0.2, 0.25) is 0 Å². The molecule has 0 bridgehead atoms. The Bertz CT molecular complexity index is 1060. The summed E-state index contributed by atoms with van der Waals surface area (Å²) in [4.78, 5) is 14.9. The first kappa shape index (κ1) is 21.3. The van der Waals surface area contributed by atoms with Crippen molar-refractivity contribution in [1.82, 2.24) is 0 Å². The number of hydrogen-bond donors (Lipinski definition) is 0. The number of aryl methyl sites for hydroxylation is 1. The summed E-state index contributed by atoms with van der Waals surface area (Å²) in [6.45, 7) is 4.43. The van der Waals surface area contributed by atoms with Crippen LogP contribution in [0.25, 0.3) is 6.08 Å². The highest BCUT2D eigenvalue weighted by Crippen LogP contribution is 2.23. The third-order valence-corrected chi connectivity index (χ3v) is 5.89. The van der Waals surface area contributed by atoms with E-state index in [0.717, 1.165) is 24.4 Å². The number of hydrogen-bond acceptors (Lipinski definition) is 4. The molecule has 2 heterocycles. The first-order valence-electron chi connectivity index (χ1n) is 10.6. The summed E-state index contributed by atoms with van der Waals surface area (Å²) < 4.78 is 11.5. The van der Waals surface area contributed by atoms with Gasteiger partial charge in [-0.25, -0.2) is 0 Å². The fourth-order valence-corrected chi connectivity index (χ4v) is 3.78. The molecule has 2 aromatic carbocycles. The lowest BCUT2D eigenvalue weighted by atomic mass is 10.1. The SMILES string of the molecule is Cc1cc(OCc2ccc(/C=C/C(=O)c3ccc(N4CCCCC4)cc3)o2)ccc1Cl. The first-order valence-corrected chi connectivity index (χ1v) is 11.0. The van der Waals surface area contributed by atoms with Gasteiger partial charge < -0.3 is 14.1 Å². The molecule has 0 spiro atoms. The zero-order valence-electron chi connectivity index (χ0n) is 17.6. The van der Waals surface area contributed by atoms with Crippen molar-refractivity contribution in [3.05, 3.63) is 88.3 Å². The summed E-state index contributed by atoms with van der Waals surface area (Å²) in [5.41, 5.74) is 2.82. The van der Waals surface area contributed by atoms with Gasteiger partial charge >= 0.3 is 0 Å². The van der Waals surface area contributed by atoms with Crippen LogP contribution in [0.4, 0.5) is 5.69 Å². The molecule has 4 rings (SSSR count). The Kier molecular flexibility index (Phi) is 6.78. The zero-order valence-corrected chi connectivity index (χ0v) is 18.4. The minimum atomic E-state index is -0.0453. The van der Waals surface area contributed by atoms with Crippen molar-refractivity contribution in [1.29, 1.82) is 0 Å². The predicted octanol–water partition coefficient (Wildman–Crippen LogP) is 6.71. The van der Waals surface area contributed by atoms with E-state index in [2.05, 4.69) is 4.90 Å². The van der Waals surface area contributed by atoms with Crippen molar-refractivity contribution in [3.8, 4) is 5.75 Å². The summed E-state index contributed by atoms with van der Waals surface area (Å²) in [5.74, 6) is 1.99. The summed E-state index contributed by atoms with van der Waals surface area (Å²) in [6, 6.07) is 17.1. The Balaban J connectivity index is 1.32. The van der Waals surface area contributed by atoms with Gasteiger partial charge in [-0.1, -0.05) is 11.6 Å².